The number of carbonyl (C=O) groups is 2. The van der Waals surface area contributed by atoms with E-state index in [4.69, 9.17) is 15.2 Å². The van der Waals surface area contributed by atoms with Crippen LogP contribution < -0.4 is 5.73 Å². The average molecular weight is 432 g/mol. The van der Waals surface area contributed by atoms with E-state index in [0.29, 0.717) is 5.56 Å². The maximum atomic E-state index is 12.9. The summed E-state index contributed by atoms with van der Waals surface area (Å²) in [6.45, 7) is 4.15. The third-order valence-electron chi connectivity index (χ3n) is 4.70. The Hall–Kier alpha value is -2.75. The minimum atomic E-state index is -3.72. The third-order valence-corrected chi connectivity index (χ3v) is 6.55. The first-order valence-electron chi connectivity index (χ1n) is 9.49. The van der Waals surface area contributed by atoms with Crippen LogP contribution in [0.1, 0.15) is 35.9 Å². The molecule has 2 aromatic rings. The summed E-state index contributed by atoms with van der Waals surface area (Å²) < 4.78 is 38.0. The topological polar surface area (TPSA) is 116 Å². The molecule has 2 aromatic carbocycles. The Morgan fingerprint density at radius 1 is 1.03 bits per heavy atom. The van der Waals surface area contributed by atoms with Gasteiger partial charge in [-0.25, -0.2) is 13.2 Å². The molecule has 0 bridgehead atoms. The second-order valence-corrected chi connectivity index (χ2v) is 9.14. The largest absolute Gasteiger partial charge is 0.444 e. The number of amides is 1. The van der Waals surface area contributed by atoms with Crippen LogP contribution in [0, 0.1) is 0 Å². The molecule has 1 heterocycles. The van der Waals surface area contributed by atoms with E-state index in [-0.39, 0.29) is 35.8 Å². The second-order valence-electron chi connectivity index (χ2n) is 7.20. The van der Waals surface area contributed by atoms with Crippen molar-refractivity contribution >= 4 is 21.9 Å². The Morgan fingerprint density at radius 3 is 2.13 bits per heavy atom. The molecule has 1 fully saturated rings. The SMILES string of the molecule is CC1CN(S(=O)(=O)c2ccc(C(=O)OC(C(N)=O)c3ccccc3)cc2)CC(C)O1. The van der Waals surface area contributed by atoms with E-state index in [1.54, 1.807) is 30.3 Å². The summed E-state index contributed by atoms with van der Waals surface area (Å²) in [7, 11) is -3.72. The molecule has 1 amide bonds. The lowest BCUT2D eigenvalue weighted by molar-refractivity contribution is -0.127. The minimum absolute atomic E-state index is 0.0647. The first-order chi connectivity index (χ1) is 14.2. The highest BCUT2D eigenvalue weighted by Gasteiger charge is 2.32. The van der Waals surface area contributed by atoms with Crippen LogP contribution in [-0.4, -0.2) is 49.9 Å². The molecular formula is C21H24N2O6S. The summed E-state index contributed by atoms with van der Waals surface area (Å²) in [4.78, 5) is 24.3. The monoisotopic (exact) mass is 432 g/mol. The highest BCUT2D eigenvalue weighted by atomic mass is 32.2. The van der Waals surface area contributed by atoms with Gasteiger partial charge in [0.25, 0.3) is 5.91 Å². The van der Waals surface area contributed by atoms with E-state index in [0.717, 1.165) is 0 Å². The van der Waals surface area contributed by atoms with Gasteiger partial charge in [0.2, 0.25) is 16.1 Å². The number of hydrogen-bond acceptors (Lipinski definition) is 6. The molecular weight excluding hydrogens is 408 g/mol. The van der Waals surface area contributed by atoms with Crippen LogP contribution >= 0.6 is 0 Å². The van der Waals surface area contributed by atoms with Gasteiger partial charge in [-0.15, -0.1) is 0 Å². The predicted molar refractivity (Wildman–Crippen MR) is 109 cm³/mol. The summed E-state index contributed by atoms with van der Waals surface area (Å²) in [6.07, 6.45) is -1.65. The Balaban J connectivity index is 1.76. The molecule has 1 aliphatic heterocycles. The minimum Gasteiger partial charge on any atom is -0.444 e. The average Bonchev–Trinajstić information content (AvgIpc) is 2.71. The van der Waals surface area contributed by atoms with Crippen LogP contribution in [-0.2, 0) is 24.3 Å². The number of esters is 1. The molecule has 2 N–H and O–H groups in total. The van der Waals surface area contributed by atoms with Crippen LogP contribution in [0.4, 0.5) is 0 Å². The van der Waals surface area contributed by atoms with Gasteiger partial charge in [-0.05, 0) is 38.1 Å². The molecule has 0 spiro atoms. The lowest BCUT2D eigenvalue weighted by Crippen LogP contribution is -2.48. The molecule has 0 radical (unpaired) electrons. The standard InChI is InChI=1S/C21H24N2O6S/c1-14-12-23(13-15(2)28-14)30(26,27)18-10-8-17(9-11-18)21(25)29-19(20(22)24)16-6-4-3-5-7-16/h3-11,14-15,19H,12-13H2,1-2H3,(H2,22,24). The zero-order valence-electron chi connectivity index (χ0n) is 16.7. The number of hydrogen-bond donors (Lipinski definition) is 1. The fraction of sp³-hybridized carbons (Fsp3) is 0.333. The summed E-state index contributed by atoms with van der Waals surface area (Å²) in [6, 6.07) is 13.8. The van der Waals surface area contributed by atoms with Crippen LogP contribution in [0.5, 0.6) is 0 Å². The van der Waals surface area contributed by atoms with Crippen molar-refractivity contribution in [3.63, 3.8) is 0 Å². The van der Waals surface area contributed by atoms with Crippen LogP contribution in [0.2, 0.25) is 0 Å². The van der Waals surface area contributed by atoms with Gasteiger partial charge < -0.3 is 15.2 Å². The first-order valence-corrected chi connectivity index (χ1v) is 10.9. The molecule has 1 aliphatic rings. The number of sulfonamides is 1. The Morgan fingerprint density at radius 2 is 1.60 bits per heavy atom. The number of nitrogens with zero attached hydrogens (tertiary/aromatic N) is 1. The number of rotatable bonds is 6. The van der Waals surface area contributed by atoms with Crippen molar-refractivity contribution in [2.24, 2.45) is 5.73 Å². The Labute approximate surface area is 175 Å². The molecule has 30 heavy (non-hydrogen) atoms. The number of benzene rings is 2. The number of nitrogens with two attached hydrogens (primary N) is 1. The quantitative estimate of drug-likeness (QED) is 0.697. The summed E-state index contributed by atoms with van der Waals surface area (Å²) in [5, 5.41) is 0. The highest BCUT2D eigenvalue weighted by Crippen LogP contribution is 2.23. The van der Waals surface area contributed by atoms with E-state index < -0.39 is 28.0 Å². The number of ether oxygens (including phenoxy) is 2. The molecule has 0 saturated carbocycles. The number of primary amides is 1. The molecule has 0 aromatic heterocycles. The van der Waals surface area contributed by atoms with Crippen molar-refractivity contribution in [3.05, 3.63) is 65.7 Å². The fourth-order valence-electron chi connectivity index (χ4n) is 3.33. The zero-order chi connectivity index (χ0) is 21.9. The lowest BCUT2D eigenvalue weighted by atomic mass is 10.1. The summed E-state index contributed by atoms with van der Waals surface area (Å²) in [5.41, 5.74) is 5.93. The van der Waals surface area contributed by atoms with E-state index in [1.807, 2.05) is 13.8 Å². The number of morpholine rings is 1. The smallest absolute Gasteiger partial charge is 0.339 e. The third kappa shape index (κ3) is 4.86. The van der Waals surface area contributed by atoms with Crippen molar-refractivity contribution in [1.82, 2.24) is 4.31 Å². The van der Waals surface area contributed by atoms with Crippen molar-refractivity contribution < 1.29 is 27.5 Å². The maximum absolute atomic E-state index is 12.9. The molecule has 0 aliphatic carbocycles. The molecule has 3 atom stereocenters. The van der Waals surface area contributed by atoms with E-state index in [1.165, 1.54) is 28.6 Å². The molecule has 9 heteroatoms. The molecule has 3 unspecified atom stereocenters. The van der Waals surface area contributed by atoms with Gasteiger partial charge in [-0.1, -0.05) is 30.3 Å². The van der Waals surface area contributed by atoms with Gasteiger partial charge in [-0.2, -0.15) is 4.31 Å². The normalized spacial score (nSPS) is 21.0. The Kier molecular flexibility index (Phi) is 6.55. The van der Waals surface area contributed by atoms with E-state index >= 15 is 0 Å². The first kappa shape index (κ1) is 21.9. The van der Waals surface area contributed by atoms with Crippen molar-refractivity contribution in [2.45, 2.75) is 37.1 Å². The van der Waals surface area contributed by atoms with Crippen molar-refractivity contribution in [3.8, 4) is 0 Å². The van der Waals surface area contributed by atoms with Crippen molar-refractivity contribution in [2.75, 3.05) is 13.1 Å². The fourth-order valence-corrected chi connectivity index (χ4v) is 4.92. The summed E-state index contributed by atoms with van der Waals surface area (Å²) >= 11 is 0. The lowest BCUT2D eigenvalue weighted by Gasteiger charge is -2.34. The van der Waals surface area contributed by atoms with Gasteiger partial charge in [-0.3, -0.25) is 4.79 Å². The van der Waals surface area contributed by atoms with Crippen LogP contribution in [0.15, 0.2) is 59.5 Å². The second kappa shape index (κ2) is 8.95. The van der Waals surface area contributed by atoms with E-state index in [9.17, 15) is 18.0 Å². The van der Waals surface area contributed by atoms with Crippen LogP contribution in [0.25, 0.3) is 0 Å². The molecule has 3 rings (SSSR count). The van der Waals surface area contributed by atoms with Crippen molar-refractivity contribution in [1.29, 1.82) is 0 Å². The number of carbonyl (C=O) groups excluding carboxylic acids is 2. The van der Waals surface area contributed by atoms with Gasteiger partial charge in [0.05, 0.1) is 22.7 Å². The van der Waals surface area contributed by atoms with E-state index in [2.05, 4.69) is 0 Å². The Bertz CT molecular complexity index is 998. The highest BCUT2D eigenvalue weighted by molar-refractivity contribution is 7.89. The van der Waals surface area contributed by atoms with Gasteiger partial charge in [0.15, 0.2) is 0 Å². The van der Waals surface area contributed by atoms with Gasteiger partial charge in [0.1, 0.15) is 0 Å². The molecule has 1 saturated heterocycles. The van der Waals surface area contributed by atoms with Gasteiger partial charge >= 0.3 is 5.97 Å². The van der Waals surface area contributed by atoms with Crippen LogP contribution in [0.3, 0.4) is 0 Å². The molecule has 160 valence electrons. The zero-order valence-corrected chi connectivity index (χ0v) is 17.5. The predicted octanol–water partition coefficient (Wildman–Crippen LogP) is 1.87. The van der Waals surface area contributed by atoms with Gasteiger partial charge in [0, 0.05) is 18.7 Å². The molecule has 8 nitrogen and oxygen atoms in total. The maximum Gasteiger partial charge on any atom is 0.339 e. The summed E-state index contributed by atoms with van der Waals surface area (Å²) in [5.74, 6) is -1.58.